The summed E-state index contributed by atoms with van der Waals surface area (Å²) < 4.78 is 10.4. The van der Waals surface area contributed by atoms with E-state index in [9.17, 15) is 28.2 Å². The van der Waals surface area contributed by atoms with Crippen LogP contribution in [0.25, 0.3) is 0 Å². The quantitative estimate of drug-likeness (QED) is 0.125. The number of nitrogens with one attached hydrogen (secondary N) is 2. The van der Waals surface area contributed by atoms with Gasteiger partial charge in [-0.2, -0.15) is 12.6 Å². The summed E-state index contributed by atoms with van der Waals surface area (Å²) in [6, 6.07) is -3.02. The highest BCUT2D eigenvalue weighted by molar-refractivity contribution is 7.84. The maximum atomic E-state index is 11.5. The van der Waals surface area contributed by atoms with Crippen LogP contribution in [-0.2, 0) is 34.8 Å². The van der Waals surface area contributed by atoms with Gasteiger partial charge in [0, 0.05) is 35.0 Å². The number of amides is 2. The summed E-state index contributed by atoms with van der Waals surface area (Å²) in [5.74, 6) is -4.39. The van der Waals surface area contributed by atoms with E-state index >= 15 is 0 Å². The molecule has 0 saturated heterocycles. The lowest BCUT2D eigenvalue weighted by molar-refractivity contribution is -0.139. The maximum Gasteiger partial charge on any atom is 0.322 e. The molecule has 174 valence electrons. The van der Waals surface area contributed by atoms with E-state index in [0.29, 0.717) is 5.75 Å². The van der Waals surface area contributed by atoms with Crippen LogP contribution in [0.2, 0.25) is 0 Å². The second-order valence-corrected chi connectivity index (χ2v) is 7.83. The van der Waals surface area contributed by atoms with Gasteiger partial charge >= 0.3 is 17.9 Å². The number of carbonyl (C=O) groups is 5. The first-order valence-electron chi connectivity index (χ1n) is 8.48. The molecule has 0 rings (SSSR count). The van der Waals surface area contributed by atoms with Crippen LogP contribution in [-0.4, -0.2) is 91.7 Å². The summed E-state index contributed by atoms with van der Waals surface area (Å²) in [7, 11) is -0.946. The molecule has 3 unspecified atom stereocenters. The van der Waals surface area contributed by atoms with E-state index in [1.165, 1.54) is 6.26 Å². The van der Waals surface area contributed by atoms with Crippen LogP contribution in [0.4, 0.5) is 0 Å². The van der Waals surface area contributed by atoms with Gasteiger partial charge in [-0.15, -0.1) is 0 Å². The fourth-order valence-corrected chi connectivity index (χ4v) is 2.42. The first kappa shape index (κ1) is 30.0. The van der Waals surface area contributed by atoms with Crippen molar-refractivity contribution in [3.63, 3.8) is 0 Å². The van der Waals surface area contributed by atoms with Crippen LogP contribution in [0.5, 0.6) is 0 Å². The Hall–Kier alpha value is -2.23. The van der Waals surface area contributed by atoms with Gasteiger partial charge in [0.15, 0.2) is 0 Å². The Morgan fingerprint density at radius 3 is 1.90 bits per heavy atom. The summed E-state index contributed by atoms with van der Waals surface area (Å²) in [5, 5.41) is 29.6. The molecule has 0 heterocycles. The van der Waals surface area contributed by atoms with E-state index in [1.54, 1.807) is 0 Å². The van der Waals surface area contributed by atoms with Crippen LogP contribution in [0, 0.1) is 0 Å². The SMILES string of the molecule is CS(=O)CC[C@H](N)C(=O)O.NC(CCC(=O)NC(CS)C(=O)NCC(=O)O)C(=O)O. The Balaban J connectivity index is 0. The first-order chi connectivity index (χ1) is 13.8. The van der Waals surface area contributed by atoms with Crippen LogP contribution in [0.3, 0.4) is 0 Å². The van der Waals surface area contributed by atoms with Crippen molar-refractivity contribution >= 4 is 53.2 Å². The third-order valence-electron chi connectivity index (χ3n) is 3.28. The molecule has 0 aromatic carbocycles. The van der Waals surface area contributed by atoms with Crippen LogP contribution < -0.4 is 22.1 Å². The summed E-state index contributed by atoms with van der Waals surface area (Å²) in [4.78, 5) is 53.8. The molecule has 0 spiro atoms. The topological polar surface area (TPSA) is 239 Å². The highest BCUT2D eigenvalue weighted by Crippen LogP contribution is 1.97. The van der Waals surface area contributed by atoms with E-state index in [2.05, 4.69) is 23.3 Å². The van der Waals surface area contributed by atoms with E-state index in [4.69, 9.17) is 26.8 Å². The van der Waals surface area contributed by atoms with E-state index in [1.807, 2.05) is 0 Å². The number of aliphatic carboxylic acids is 3. The van der Waals surface area contributed by atoms with E-state index in [0.717, 1.165) is 0 Å². The molecule has 9 N–H and O–H groups in total. The standard InChI is InChI=1S/C10H17N3O6S.C5H11NO3S/c11-5(10(18)19)1-2-7(14)13-6(4-20)9(17)12-3-8(15)16;1-10(9)3-2-4(6)5(7)8/h5-6,20H,1-4,11H2,(H,12,17)(H,13,14)(H,15,16)(H,18,19);4H,2-3,6H2,1H3,(H,7,8)/t;4-,10?/m.0/s1. The van der Waals surface area contributed by atoms with E-state index in [-0.39, 0.29) is 25.0 Å². The molecule has 0 aliphatic rings. The zero-order valence-electron chi connectivity index (χ0n) is 16.3. The predicted molar refractivity (Wildman–Crippen MR) is 110 cm³/mol. The molecule has 0 aliphatic heterocycles. The number of hydrogen-bond acceptors (Lipinski definition) is 9. The van der Waals surface area contributed by atoms with Crippen molar-refractivity contribution in [3.05, 3.63) is 0 Å². The number of nitrogens with two attached hydrogens (primary N) is 2. The van der Waals surface area contributed by atoms with Gasteiger partial charge in [-0.05, 0) is 12.8 Å². The molecule has 0 saturated carbocycles. The summed E-state index contributed by atoms with van der Waals surface area (Å²) in [5.41, 5.74) is 10.4. The van der Waals surface area contributed by atoms with Crippen molar-refractivity contribution in [1.29, 1.82) is 0 Å². The van der Waals surface area contributed by atoms with Crippen molar-refractivity contribution in [2.75, 3.05) is 24.3 Å². The predicted octanol–water partition coefficient (Wildman–Crippen LogP) is -3.04. The fraction of sp³-hybridized carbons (Fsp3) is 0.667. The third kappa shape index (κ3) is 16.7. The molecule has 2 amide bonds. The molecule has 0 aliphatic carbocycles. The lowest BCUT2D eigenvalue weighted by atomic mass is 10.1. The van der Waals surface area contributed by atoms with Gasteiger partial charge in [0.2, 0.25) is 11.8 Å². The fourth-order valence-electron chi connectivity index (χ4n) is 1.57. The third-order valence-corrected chi connectivity index (χ3v) is 4.46. The van der Waals surface area contributed by atoms with Crippen molar-refractivity contribution in [1.82, 2.24) is 10.6 Å². The molecule has 15 heteroatoms. The molecule has 0 aromatic rings. The zero-order chi connectivity index (χ0) is 23.9. The van der Waals surface area contributed by atoms with Crippen LogP contribution in [0.1, 0.15) is 19.3 Å². The lowest BCUT2D eigenvalue weighted by Gasteiger charge is -2.16. The van der Waals surface area contributed by atoms with Crippen molar-refractivity contribution < 1.29 is 43.5 Å². The number of carboxylic acids is 3. The van der Waals surface area contributed by atoms with Gasteiger partial charge in [-0.25, -0.2) is 0 Å². The van der Waals surface area contributed by atoms with Crippen molar-refractivity contribution in [2.45, 2.75) is 37.4 Å². The van der Waals surface area contributed by atoms with Crippen molar-refractivity contribution in [3.8, 4) is 0 Å². The van der Waals surface area contributed by atoms with Gasteiger partial charge in [0.25, 0.3) is 0 Å². The van der Waals surface area contributed by atoms with Gasteiger partial charge in [-0.3, -0.25) is 28.2 Å². The Labute approximate surface area is 180 Å². The second kappa shape index (κ2) is 16.6. The maximum absolute atomic E-state index is 11.5. The minimum Gasteiger partial charge on any atom is -0.480 e. The minimum atomic E-state index is -1.22. The number of thiol groups is 1. The molecule has 0 radical (unpaired) electrons. The van der Waals surface area contributed by atoms with Crippen LogP contribution in [0.15, 0.2) is 0 Å². The van der Waals surface area contributed by atoms with Crippen molar-refractivity contribution in [2.24, 2.45) is 11.5 Å². The largest absolute Gasteiger partial charge is 0.480 e. The Kier molecular flexibility index (Phi) is 16.5. The molecule has 0 fully saturated rings. The Bertz CT molecular complexity index is 633. The van der Waals surface area contributed by atoms with Gasteiger partial charge in [-0.1, -0.05) is 0 Å². The van der Waals surface area contributed by atoms with Crippen LogP contribution >= 0.6 is 12.6 Å². The van der Waals surface area contributed by atoms with Gasteiger partial charge < -0.3 is 37.4 Å². The average Bonchev–Trinajstić information content (AvgIpc) is 2.66. The Morgan fingerprint density at radius 2 is 1.50 bits per heavy atom. The van der Waals surface area contributed by atoms with Gasteiger partial charge in [0.1, 0.15) is 24.7 Å². The smallest absolute Gasteiger partial charge is 0.322 e. The summed E-state index contributed by atoms with van der Waals surface area (Å²) in [6.45, 7) is -0.567. The molecule has 0 aromatic heterocycles. The lowest BCUT2D eigenvalue weighted by Crippen LogP contribution is -2.49. The minimum absolute atomic E-state index is 0.0256. The highest BCUT2D eigenvalue weighted by Gasteiger charge is 2.21. The molecule has 13 nitrogen and oxygen atoms in total. The molecular weight excluding hydrogens is 444 g/mol. The number of carbonyl (C=O) groups excluding carboxylic acids is 2. The average molecular weight is 473 g/mol. The van der Waals surface area contributed by atoms with E-state index < -0.39 is 65.2 Å². The zero-order valence-corrected chi connectivity index (χ0v) is 18.0. The normalized spacial score (nSPS) is 14.1. The molecule has 4 atom stereocenters. The monoisotopic (exact) mass is 472 g/mol. The first-order valence-corrected chi connectivity index (χ1v) is 10.8. The van der Waals surface area contributed by atoms with Gasteiger partial charge in [0.05, 0.1) is 0 Å². The Morgan fingerprint density at radius 1 is 1.00 bits per heavy atom. The number of carboxylic acid groups (broad SMARTS) is 3. The second-order valence-electron chi connectivity index (χ2n) is 5.91. The number of hydrogen-bond donors (Lipinski definition) is 8. The highest BCUT2D eigenvalue weighted by atomic mass is 32.2. The molecule has 30 heavy (non-hydrogen) atoms. The molecular formula is C15H28N4O9S2. The summed E-state index contributed by atoms with van der Waals surface area (Å²) in [6.07, 6.45) is 1.56. The summed E-state index contributed by atoms with van der Waals surface area (Å²) >= 11 is 3.87. The molecule has 0 bridgehead atoms. The number of rotatable bonds is 13.